The Hall–Kier alpha value is -0.740. The van der Waals surface area contributed by atoms with Crippen LogP contribution in [0.1, 0.15) is 52.4 Å². The van der Waals surface area contributed by atoms with Crippen molar-refractivity contribution in [3.05, 3.63) is 0 Å². The first-order chi connectivity index (χ1) is 9.52. The van der Waals surface area contributed by atoms with Crippen LogP contribution in [-0.4, -0.2) is 47.3 Å². The van der Waals surface area contributed by atoms with Gasteiger partial charge in [-0.05, 0) is 44.6 Å². The van der Waals surface area contributed by atoms with Gasteiger partial charge in [-0.1, -0.05) is 20.3 Å². The zero-order valence-electron chi connectivity index (χ0n) is 12.7. The van der Waals surface area contributed by atoms with E-state index < -0.39 is 5.41 Å². The number of likely N-dealkylation sites (tertiary alicyclic amines) is 1. The van der Waals surface area contributed by atoms with Gasteiger partial charge in [0.1, 0.15) is 12.6 Å². The Morgan fingerprint density at radius 2 is 1.90 bits per heavy atom. The van der Waals surface area contributed by atoms with Crippen molar-refractivity contribution < 1.29 is 14.7 Å². The van der Waals surface area contributed by atoms with Gasteiger partial charge < -0.3 is 14.7 Å². The van der Waals surface area contributed by atoms with Gasteiger partial charge in [-0.2, -0.15) is 0 Å². The quantitative estimate of drug-likeness (QED) is 0.781. The number of hydrogen-bond acceptors (Lipinski definition) is 4. The van der Waals surface area contributed by atoms with Crippen LogP contribution in [0.5, 0.6) is 0 Å². The maximum atomic E-state index is 11.5. The number of carbonyl (C=O) groups excluding carboxylic acids is 2. The highest BCUT2D eigenvalue weighted by Crippen LogP contribution is 2.49. The molecule has 1 saturated heterocycles. The van der Waals surface area contributed by atoms with Gasteiger partial charge in [0, 0.05) is 5.54 Å². The Balaban J connectivity index is 2.27. The second kappa shape index (κ2) is 5.94. The standard InChI is InChI=1S/C16H27NO3/c1-13(2)14(9-18)17-8-4-7-16(17)6-3-5-15(10-16,11-19)12-20/h9,11,13-14,20H,3-8,10,12H2,1-2H3. The zero-order chi connectivity index (χ0) is 14.8. The summed E-state index contributed by atoms with van der Waals surface area (Å²) in [4.78, 5) is 25.3. The van der Waals surface area contributed by atoms with E-state index in [1.807, 2.05) is 0 Å². The van der Waals surface area contributed by atoms with Crippen molar-refractivity contribution in [3.63, 3.8) is 0 Å². The number of nitrogens with zero attached hydrogens (tertiary/aromatic N) is 1. The Bertz CT molecular complexity index is 371. The van der Waals surface area contributed by atoms with Crippen molar-refractivity contribution in [1.29, 1.82) is 0 Å². The van der Waals surface area contributed by atoms with Crippen LogP contribution >= 0.6 is 0 Å². The van der Waals surface area contributed by atoms with Crippen LogP contribution in [0.2, 0.25) is 0 Å². The number of aliphatic hydroxyl groups excluding tert-OH is 1. The van der Waals surface area contributed by atoms with Gasteiger partial charge in [0.25, 0.3) is 0 Å². The third-order valence-corrected chi connectivity index (χ3v) is 5.40. The molecule has 0 aromatic rings. The van der Waals surface area contributed by atoms with Crippen LogP contribution in [0, 0.1) is 11.3 Å². The average molecular weight is 281 g/mol. The average Bonchev–Trinajstić information content (AvgIpc) is 2.82. The predicted octanol–water partition coefficient (Wildman–Crippen LogP) is 1.80. The molecular weight excluding hydrogens is 254 g/mol. The molecule has 3 atom stereocenters. The van der Waals surface area contributed by atoms with E-state index in [1.165, 1.54) is 0 Å². The number of aliphatic hydroxyl groups is 1. The van der Waals surface area contributed by atoms with Crippen LogP contribution in [-0.2, 0) is 9.59 Å². The highest BCUT2D eigenvalue weighted by molar-refractivity contribution is 5.61. The monoisotopic (exact) mass is 281 g/mol. The van der Waals surface area contributed by atoms with Gasteiger partial charge in [-0.15, -0.1) is 0 Å². The van der Waals surface area contributed by atoms with Crippen LogP contribution < -0.4 is 0 Å². The molecule has 2 aliphatic rings. The summed E-state index contributed by atoms with van der Waals surface area (Å²) < 4.78 is 0. The first kappa shape index (κ1) is 15.6. The van der Waals surface area contributed by atoms with Crippen molar-refractivity contribution in [2.75, 3.05) is 13.2 Å². The fraction of sp³-hybridized carbons (Fsp3) is 0.875. The van der Waals surface area contributed by atoms with E-state index in [1.54, 1.807) is 0 Å². The summed E-state index contributed by atoms with van der Waals surface area (Å²) >= 11 is 0. The van der Waals surface area contributed by atoms with Gasteiger partial charge in [0.2, 0.25) is 0 Å². The molecule has 1 aliphatic heterocycles. The maximum Gasteiger partial charge on any atom is 0.137 e. The molecule has 3 unspecified atom stereocenters. The molecule has 4 heteroatoms. The lowest BCUT2D eigenvalue weighted by Crippen LogP contribution is -2.56. The van der Waals surface area contributed by atoms with Crippen molar-refractivity contribution in [1.82, 2.24) is 4.90 Å². The Morgan fingerprint density at radius 3 is 2.45 bits per heavy atom. The molecule has 1 aliphatic carbocycles. The first-order valence-corrected chi connectivity index (χ1v) is 7.82. The van der Waals surface area contributed by atoms with E-state index in [4.69, 9.17) is 0 Å². The van der Waals surface area contributed by atoms with Crippen LogP contribution in [0.3, 0.4) is 0 Å². The number of rotatable bonds is 5. The maximum absolute atomic E-state index is 11.5. The lowest BCUT2D eigenvalue weighted by molar-refractivity contribution is -0.127. The number of aldehydes is 2. The van der Waals surface area contributed by atoms with Crippen LogP contribution in [0.4, 0.5) is 0 Å². The summed E-state index contributed by atoms with van der Waals surface area (Å²) in [5.41, 5.74) is -0.650. The summed E-state index contributed by atoms with van der Waals surface area (Å²) in [6.45, 7) is 5.02. The van der Waals surface area contributed by atoms with Gasteiger partial charge in [-0.3, -0.25) is 4.90 Å². The van der Waals surface area contributed by atoms with Crippen LogP contribution in [0.25, 0.3) is 0 Å². The molecule has 114 valence electrons. The smallest absolute Gasteiger partial charge is 0.137 e. The number of hydrogen-bond donors (Lipinski definition) is 1. The molecular formula is C16H27NO3. The van der Waals surface area contributed by atoms with Crippen LogP contribution in [0.15, 0.2) is 0 Å². The second-order valence-electron chi connectivity index (χ2n) is 7.06. The summed E-state index contributed by atoms with van der Waals surface area (Å²) in [5.74, 6) is 0.282. The lowest BCUT2D eigenvalue weighted by Gasteiger charge is -2.50. The molecule has 1 heterocycles. The lowest BCUT2D eigenvalue weighted by atomic mass is 9.65. The minimum Gasteiger partial charge on any atom is -0.395 e. The molecule has 4 nitrogen and oxygen atoms in total. The summed E-state index contributed by atoms with van der Waals surface area (Å²) in [6.07, 6.45) is 7.62. The molecule has 0 aromatic carbocycles. The van der Waals surface area contributed by atoms with Gasteiger partial charge in [0.15, 0.2) is 0 Å². The fourth-order valence-corrected chi connectivity index (χ4v) is 4.35. The molecule has 1 N–H and O–H groups in total. The third-order valence-electron chi connectivity index (χ3n) is 5.40. The zero-order valence-corrected chi connectivity index (χ0v) is 12.7. The van der Waals surface area contributed by atoms with Crippen molar-refractivity contribution in [2.45, 2.75) is 64.0 Å². The Kier molecular flexibility index (Phi) is 4.65. The second-order valence-corrected chi connectivity index (χ2v) is 7.06. The molecule has 1 saturated carbocycles. The fourth-order valence-electron chi connectivity index (χ4n) is 4.35. The molecule has 20 heavy (non-hydrogen) atoms. The molecule has 1 spiro atoms. The Labute approximate surface area is 121 Å². The molecule has 2 fully saturated rings. The van der Waals surface area contributed by atoms with E-state index in [-0.39, 0.29) is 24.1 Å². The topological polar surface area (TPSA) is 57.6 Å². The minimum atomic E-state index is -0.592. The summed E-state index contributed by atoms with van der Waals surface area (Å²) in [5, 5.41) is 9.66. The number of carbonyl (C=O) groups is 2. The molecule has 2 rings (SSSR count). The normalized spacial score (nSPS) is 36.4. The van der Waals surface area contributed by atoms with Crippen molar-refractivity contribution >= 4 is 12.6 Å². The van der Waals surface area contributed by atoms with E-state index in [2.05, 4.69) is 18.7 Å². The van der Waals surface area contributed by atoms with Crippen molar-refractivity contribution in [3.8, 4) is 0 Å². The van der Waals surface area contributed by atoms with Gasteiger partial charge in [0.05, 0.1) is 18.1 Å². The van der Waals surface area contributed by atoms with E-state index in [0.717, 1.165) is 51.2 Å². The van der Waals surface area contributed by atoms with E-state index in [9.17, 15) is 14.7 Å². The minimum absolute atomic E-state index is 0.0578. The highest BCUT2D eigenvalue weighted by Gasteiger charge is 2.51. The van der Waals surface area contributed by atoms with Gasteiger partial charge >= 0.3 is 0 Å². The van der Waals surface area contributed by atoms with Gasteiger partial charge in [-0.25, -0.2) is 0 Å². The van der Waals surface area contributed by atoms with Crippen molar-refractivity contribution in [2.24, 2.45) is 11.3 Å². The third kappa shape index (κ3) is 2.56. The summed E-state index contributed by atoms with van der Waals surface area (Å²) in [7, 11) is 0. The largest absolute Gasteiger partial charge is 0.395 e. The first-order valence-electron chi connectivity index (χ1n) is 7.82. The van der Waals surface area contributed by atoms with E-state index in [0.29, 0.717) is 6.42 Å². The summed E-state index contributed by atoms with van der Waals surface area (Å²) in [6, 6.07) is -0.0707. The van der Waals surface area contributed by atoms with E-state index >= 15 is 0 Å². The Morgan fingerprint density at radius 1 is 1.20 bits per heavy atom. The molecule has 0 radical (unpaired) electrons. The highest BCUT2D eigenvalue weighted by atomic mass is 16.3. The molecule has 0 amide bonds. The molecule has 0 aromatic heterocycles. The predicted molar refractivity (Wildman–Crippen MR) is 77.4 cm³/mol. The molecule has 0 bridgehead atoms. The SMILES string of the molecule is CC(C)C(C=O)N1CCCC12CCCC(C=O)(CO)C2.